The van der Waals surface area contributed by atoms with E-state index in [0.717, 1.165) is 16.7 Å². The van der Waals surface area contributed by atoms with Gasteiger partial charge < -0.3 is 0 Å². The predicted molar refractivity (Wildman–Crippen MR) is 53.1 cm³/mol. The van der Waals surface area contributed by atoms with Gasteiger partial charge in [-0.1, -0.05) is 11.1 Å². The van der Waals surface area contributed by atoms with E-state index in [1.54, 1.807) is 6.92 Å². The van der Waals surface area contributed by atoms with E-state index >= 15 is 0 Å². The van der Waals surface area contributed by atoms with Crippen LogP contribution in [0.15, 0.2) is 22.3 Å². The molecule has 0 amide bonds. The van der Waals surface area contributed by atoms with Crippen LogP contribution in [0.5, 0.6) is 0 Å². The van der Waals surface area contributed by atoms with Gasteiger partial charge in [-0.05, 0) is 47.1 Å². The highest BCUT2D eigenvalue weighted by Gasteiger charge is 2.08. The van der Waals surface area contributed by atoms with Gasteiger partial charge in [-0.2, -0.15) is 0 Å². The monoisotopic (exact) mass is 166 g/mol. The first-order valence-electron chi connectivity index (χ1n) is 4.20. The van der Waals surface area contributed by atoms with Gasteiger partial charge in [0.15, 0.2) is 5.78 Å². The lowest BCUT2D eigenvalue weighted by Crippen LogP contribution is -2.01. The molecule has 0 heterocycles. The van der Waals surface area contributed by atoms with Crippen LogP contribution in [-0.2, 0) is 4.79 Å². The normalized spacial score (nSPS) is 9.17. The Morgan fingerprint density at radius 3 is 1.25 bits per heavy atom. The highest BCUT2D eigenvalue weighted by Crippen LogP contribution is 2.18. The van der Waals surface area contributed by atoms with Crippen LogP contribution in [0.25, 0.3) is 0 Å². The van der Waals surface area contributed by atoms with E-state index in [4.69, 9.17) is 0 Å². The third kappa shape index (κ3) is 2.65. The standard InChI is InChI=1S/C11H18O/c1-7(2)9(5)11(8(3)4)10(6)12/h1-6H3. The van der Waals surface area contributed by atoms with E-state index in [9.17, 15) is 4.79 Å². The second kappa shape index (κ2) is 4.24. The number of allylic oxidation sites excluding steroid dienone is 4. The summed E-state index contributed by atoms with van der Waals surface area (Å²) in [6.07, 6.45) is 0. The molecule has 0 aliphatic heterocycles. The molecule has 0 bridgehead atoms. The molecule has 0 aromatic heterocycles. The minimum absolute atomic E-state index is 0.161. The number of Topliss-reactive ketones (excluding diaryl/α,β-unsaturated/α-hetero) is 1. The molecule has 0 aromatic rings. The van der Waals surface area contributed by atoms with Gasteiger partial charge >= 0.3 is 0 Å². The van der Waals surface area contributed by atoms with Crippen LogP contribution in [0.4, 0.5) is 0 Å². The van der Waals surface area contributed by atoms with Crippen molar-refractivity contribution in [1.29, 1.82) is 0 Å². The van der Waals surface area contributed by atoms with Crippen LogP contribution in [0.2, 0.25) is 0 Å². The number of hydrogen-bond donors (Lipinski definition) is 0. The number of ketones is 1. The third-order valence-corrected chi connectivity index (χ3v) is 1.98. The van der Waals surface area contributed by atoms with Gasteiger partial charge in [0.1, 0.15) is 0 Å². The molecular formula is C11H18O. The molecule has 0 spiro atoms. The quantitative estimate of drug-likeness (QED) is 0.454. The van der Waals surface area contributed by atoms with Gasteiger partial charge in [0.25, 0.3) is 0 Å². The van der Waals surface area contributed by atoms with Crippen LogP contribution in [0, 0.1) is 0 Å². The number of carbonyl (C=O) groups excluding carboxylic acids is 1. The van der Waals surface area contributed by atoms with E-state index in [1.165, 1.54) is 5.57 Å². The van der Waals surface area contributed by atoms with Crippen molar-refractivity contribution in [1.82, 2.24) is 0 Å². The van der Waals surface area contributed by atoms with Gasteiger partial charge in [-0.3, -0.25) is 4.79 Å². The summed E-state index contributed by atoms with van der Waals surface area (Å²) < 4.78 is 0. The molecule has 68 valence electrons. The van der Waals surface area contributed by atoms with E-state index in [1.807, 2.05) is 34.6 Å². The fourth-order valence-corrected chi connectivity index (χ4v) is 1.24. The molecule has 0 radical (unpaired) electrons. The van der Waals surface area contributed by atoms with Gasteiger partial charge in [-0.25, -0.2) is 0 Å². The third-order valence-electron chi connectivity index (χ3n) is 1.98. The van der Waals surface area contributed by atoms with Crippen molar-refractivity contribution < 1.29 is 4.79 Å². The van der Waals surface area contributed by atoms with Gasteiger partial charge in [0.2, 0.25) is 0 Å². The molecule has 1 nitrogen and oxygen atoms in total. The molecule has 0 aliphatic carbocycles. The maximum absolute atomic E-state index is 11.2. The van der Waals surface area contributed by atoms with Crippen LogP contribution in [0.1, 0.15) is 41.5 Å². The van der Waals surface area contributed by atoms with Crippen LogP contribution in [0.3, 0.4) is 0 Å². The molecule has 0 saturated carbocycles. The average molecular weight is 166 g/mol. The second-order valence-corrected chi connectivity index (χ2v) is 3.56. The Morgan fingerprint density at radius 1 is 0.750 bits per heavy atom. The molecule has 0 atom stereocenters. The van der Waals surface area contributed by atoms with E-state index < -0.39 is 0 Å². The molecule has 0 N–H and O–H groups in total. The minimum atomic E-state index is 0.161. The lowest BCUT2D eigenvalue weighted by atomic mass is 9.96. The lowest BCUT2D eigenvalue weighted by Gasteiger charge is -2.08. The SMILES string of the molecule is CC(=O)C(=C(C)C)C(C)=C(C)C. The smallest absolute Gasteiger partial charge is 0.159 e. The zero-order valence-electron chi connectivity index (χ0n) is 8.91. The van der Waals surface area contributed by atoms with Crippen molar-refractivity contribution in [3.05, 3.63) is 22.3 Å². The Morgan fingerprint density at radius 2 is 1.17 bits per heavy atom. The zero-order chi connectivity index (χ0) is 9.89. The number of carbonyl (C=O) groups is 1. The van der Waals surface area contributed by atoms with E-state index in [0.29, 0.717) is 0 Å². The summed E-state index contributed by atoms with van der Waals surface area (Å²) in [4.78, 5) is 11.2. The Bertz CT molecular complexity index is 246. The van der Waals surface area contributed by atoms with Gasteiger partial charge in [0.05, 0.1) is 0 Å². The van der Waals surface area contributed by atoms with Gasteiger partial charge in [0, 0.05) is 5.57 Å². The summed E-state index contributed by atoms with van der Waals surface area (Å²) in [5, 5.41) is 0. The molecule has 0 aromatic carbocycles. The lowest BCUT2D eigenvalue weighted by molar-refractivity contribution is -0.113. The molecular weight excluding hydrogens is 148 g/mol. The van der Waals surface area contributed by atoms with Gasteiger partial charge in [-0.15, -0.1) is 0 Å². The second-order valence-electron chi connectivity index (χ2n) is 3.56. The first kappa shape index (κ1) is 11.2. The zero-order valence-corrected chi connectivity index (χ0v) is 8.91. The first-order valence-corrected chi connectivity index (χ1v) is 4.20. The molecule has 0 rings (SSSR count). The number of rotatable bonds is 2. The van der Waals surface area contributed by atoms with Crippen molar-refractivity contribution >= 4 is 5.78 Å². The van der Waals surface area contributed by atoms with Crippen molar-refractivity contribution in [2.24, 2.45) is 0 Å². The predicted octanol–water partition coefficient (Wildman–Crippen LogP) is 3.27. The Hall–Kier alpha value is -0.850. The summed E-state index contributed by atoms with van der Waals surface area (Å²) in [5.74, 6) is 0.161. The summed E-state index contributed by atoms with van der Waals surface area (Å²) in [6, 6.07) is 0. The summed E-state index contributed by atoms with van der Waals surface area (Å²) in [6.45, 7) is 11.6. The maximum Gasteiger partial charge on any atom is 0.159 e. The van der Waals surface area contributed by atoms with Crippen LogP contribution in [-0.4, -0.2) is 5.78 Å². The van der Waals surface area contributed by atoms with E-state index in [2.05, 4.69) is 0 Å². The van der Waals surface area contributed by atoms with Crippen molar-refractivity contribution in [3.63, 3.8) is 0 Å². The molecule has 0 fully saturated rings. The molecule has 1 heteroatoms. The fraction of sp³-hybridized carbons (Fsp3) is 0.545. The topological polar surface area (TPSA) is 17.1 Å². The van der Waals surface area contributed by atoms with Crippen molar-refractivity contribution in [3.8, 4) is 0 Å². The molecule has 0 aliphatic rings. The largest absolute Gasteiger partial charge is 0.295 e. The van der Waals surface area contributed by atoms with Crippen LogP contribution < -0.4 is 0 Å². The first-order chi connectivity index (χ1) is 5.37. The highest BCUT2D eigenvalue weighted by atomic mass is 16.1. The number of hydrogen-bond acceptors (Lipinski definition) is 1. The van der Waals surface area contributed by atoms with Crippen LogP contribution >= 0.6 is 0 Å². The fourth-order valence-electron chi connectivity index (χ4n) is 1.24. The van der Waals surface area contributed by atoms with Crippen molar-refractivity contribution in [2.45, 2.75) is 41.5 Å². The molecule has 12 heavy (non-hydrogen) atoms. The Balaban J connectivity index is 5.21. The Kier molecular flexibility index (Phi) is 3.94. The summed E-state index contributed by atoms with van der Waals surface area (Å²) in [7, 11) is 0. The van der Waals surface area contributed by atoms with Crippen molar-refractivity contribution in [2.75, 3.05) is 0 Å². The Labute approximate surface area is 75.2 Å². The molecule has 0 unspecified atom stereocenters. The average Bonchev–Trinajstić information content (AvgIpc) is 1.85. The van der Waals surface area contributed by atoms with E-state index in [-0.39, 0.29) is 5.78 Å². The maximum atomic E-state index is 11.2. The summed E-state index contributed by atoms with van der Waals surface area (Å²) >= 11 is 0. The molecule has 0 saturated heterocycles. The highest BCUT2D eigenvalue weighted by molar-refractivity contribution is 5.98. The minimum Gasteiger partial charge on any atom is -0.295 e. The summed E-state index contributed by atoms with van der Waals surface area (Å²) in [5.41, 5.74) is 4.31.